The molecule has 1 rings (SSSR count). The lowest BCUT2D eigenvalue weighted by atomic mass is 9.96. The fraction of sp³-hybridized carbons (Fsp3) is 0.455. The Balaban J connectivity index is 3.02. The molecule has 0 aliphatic carbocycles. The number of anilines is 2. The van der Waals surface area contributed by atoms with Crippen LogP contribution >= 0.6 is 0 Å². The van der Waals surface area contributed by atoms with Gasteiger partial charge in [0.15, 0.2) is 0 Å². The Morgan fingerprint density at radius 1 is 1.63 bits per heavy atom. The molecule has 8 nitrogen and oxygen atoms in total. The fourth-order valence-electron chi connectivity index (χ4n) is 1.70. The third-order valence-corrected chi connectivity index (χ3v) is 2.73. The maximum atomic E-state index is 11.2. The van der Waals surface area contributed by atoms with Gasteiger partial charge in [-0.1, -0.05) is 13.3 Å². The maximum Gasteiger partial charge on any atom is 0.329 e. The van der Waals surface area contributed by atoms with Crippen LogP contribution in [0.15, 0.2) is 12.1 Å². The number of hydrogen-bond acceptors (Lipinski definition) is 6. The van der Waals surface area contributed by atoms with Crippen LogP contribution in [-0.2, 0) is 4.79 Å². The van der Waals surface area contributed by atoms with E-state index in [1.165, 1.54) is 19.1 Å². The van der Waals surface area contributed by atoms with Crippen LogP contribution < -0.4 is 11.1 Å². The zero-order chi connectivity index (χ0) is 14.6. The lowest BCUT2D eigenvalue weighted by Gasteiger charge is -2.26. The summed E-state index contributed by atoms with van der Waals surface area (Å²) >= 11 is 0. The van der Waals surface area contributed by atoms with Crippen LogP contribution in [0.2, 0.25) is 0 Å². The van der Waals surface area contributed by atoms with Gasteiger partial charge in [0.05, 0.1) is 4.92 Å². The third kappa shape index (κ3) is 3.30. The molecule has 1 unspecified atom stereocenters. The first-order chi connectivity index (χ1) is 8.80. The molecule has 19 heavy (non-hydrogen) atoms. The molecule has 0 fully saturated rings. The van der Waals surface area contributed by atoms with Crippen molar-refractivity contribution in [3.05, 3.63) is 22.2 Å². The summed E-state index contributed by atoms with van der Waals surface area (Å²) in [7, 11) is 0. The summed E-state index contributed by atoms with van der Waals surface area (Å²) in [6.07, 6.45) is 1.05. The molecule has 0 bridgehead atoms. The summed E-state index contributed by atoms with van der Waals surface area (Å²) in [6, 6.07) is 2.53. The Morgan fingerprint density at radius 2 is 2.26 bits per heavy atom. The molecule has 1 aromatic heterocycles. The Hall–Kier alpha value is -2.38. The van der Waals surface area contributed by atoms with Crippen molar-refractivity contribution in [1.29, 1.82) is 0 Å². The smallest absolute Gasteiger partial charge is 0.329 e. The molecule has 4 N–H and O–H groups in total. The SMILES string of the molecule is CCCC(C)(Nc1ccc([N+](=O)[O-])c(N)n1)C(=O)O. The first-order valence-corrected chi connectivity index (χ1v) is 5.72. The molecule has 0 spiro atoms. The van der Waals surface area contributed by atoms with Crippen LogP contribution in [0.1, 0.15) is 26.7 Å². The highest BCUT2D eigenvalue weighted by Gasteiger charge is 2.32. The zero-order valence-electron chi connectivity index (χ0n) is 10.7. The van der Waals surface area contributed by atoms with Crippen molar-refractivity contribution in [2.24, 2.45) is 0 Å². The summed E-state index contributed by atoms with van der Waals surface area (Å²) in [5, 5.41) is 22.6. The van der Waals surface area contributed by atoms with Crippen molar-refractivity contribution in [2.75, 3.05) is 11.1 Å². The van der Waals surface area contributed by atoms with Crippen molar-refractivity contribution in [3.8, 4) is 0 Å². The summed E-state index contributed by atoms with van der Waals surface area (Å²) in [5.41, 5.74) is 3.95. The number of hydrogen-bond donors (Lipinski definition) is 3. The Bertz CT molecular complexity index is 505. The topological polar surface area (TPSA) is 131 Å². The summed E-state index contributed by atoms with van der Waals surface area (Å²) in [5.74, 6) is -1.08. The number of nitrogen functional groups attached to an aromatic ring is 1. The van der Waals surface area contributed by atoms with Gasteiger partial charge in [-0.25, -0.2) is 9.78 Å². The predicted molar refractivity (Wildman–Crippen MR) is 69.9 cm³/mol. The van der Waals surface area contributed by atoms with Crippen LogP contribution in [0.25, 0.3) is 0 Å². The maximum absolute atomic E-state index is 11.2. The van der Waals surface area contributed by atoms with E-state index in [1.807, 2.05) is 6.92 Å². The van der Waals surface area contributed by atoms with E-state index in [-0.39, 0.29) is 17.3 Å². The molecule has 0 aliphatic rings. The monoisotopic (exact) mass is 268 g/mol. The van der Waals surface area contributed by atoms with E-state index in [0.29, 0.717) is 12.8 Å². The van der Waals surface area contributed by atoms with Gasteiger partial charge in [0.25, 0.3) is 0 Å². The van der Waals surface area contributed by atoms with E-state index >= 15 is 0 Å². The second kappa shape index (κ2) is 5.51. The van der Waals surface area contributed by atoms with Gasteiger partial charge in [-0.05, 0) is 19.4 Å². The number of carbonyl (C=O) groups is 1. The van der Waals surface area contributed by atoms with E-state index in [2.05, 4.69) is 10.3 Å². The molecule has 0 saturated carbocycles. The number of nitrogens with two attached hydrogens (primary N) is 1. The average molecular weight is 268 g/mol. The average Bonchev–Trinajstić information content (AvgIpc) is 2.28. The molecule has 1 aromatic rings. The van der Waals surface area contributed by atoms with E-state index < -0.39 is 16.4 Å². The predicted octanol–water partition coefficient (Wildman–Crippen LogP) is 1.63. The van der Waals surface area contributed by atoms with Gasteiger partial charge in [-0.15, -0.1) is 0 Å². The quantitative estimate of drug-likeness (QED) is 0.527. The van der Waals surface area contributed by atoms with Crippen molar-refractivity contribution < 1.29 is 14.8 Å². The minimum Gasteiger partial charge on any atom is -0.480 e. The summed E-state index contributed by atoms with van der Waals surface area (Å²) < 4.78 is 0. The number of carboxylic acids is 1. The number of aliphatic carboxylic acids is 1. The van der Waals surface area contributed by atoms with Crippen LogP contribution in [0.5, 0.6) is 0 Å². The molecule has 0 amide bonds. The fourth-order valence-corrected chi connectivity index (χ4v) is 1.70. The number of rotatable bonds is 6. The van der Waals surface area contributed by atoms with Gasteiger partial charge >= 0.3 is 11.7 Å². The minimum absolute atomic E-state index is 0.196. The first-order valence-electron chi connectivity index (χ1n) is 5.72. The molecule has 0 aromatic carbocycles. The van der Waals surface area contributed by atoms with Gasteiger partial charge < -0.3 is 16.2 Å². The molecular formula is C11H16N4O4. The second-order valence-corrected chi connectivity index (χ2v) is 4.37. The largest absolute Gasteiger partial charge is 0.480 e. The van der Waals surface area contributed by atoms with Crippen molar-refractivity contribution in [3.63, 3.8) is 0 Å². The van der Waals surface area contributed by atoms with E-state index in [4.69, 9.17) is 5.73 Å². The Morgan fingerprint density at radius 3 is 2.68 bits per heavy atom. The second-order valence-electron chi connectivity index (χ2n) is 4.37. The van der Waals surface area contributed by atoms with E-state index in [1.54, 1.807) is 0 Å². The highest BCUT2D eigenvalue weighted by atomic mass is 16.6. The first kappa shape index (κ1) is 14.7. The van der Waals surface area contributed by atoms with Crippen molar-refractivity contribution >= 4 is 23.3 Å². The number of nitro groups is 1. The molecule has 1 atom stereocenters. The van der Waals surface area contributed by atoms with Gasteiger partial charge in [-0.2, -0.15) is 0 Å². The highest BCUT2D eigenvalue weighted by molar-refractivity contribution is 5.82. The Labute approximate surface area is 109 Å². The van der Waals surface area contributed by atoms with Gasteiger partial charge in [-0.3, -0.25) is 10.1 Å². The van der Waals surface area contributed by atoms with Gasteiger partial charge in [0, 0.05) is 6.07 Å². The number of nitrogens with one attached hydrogen (secondary N) is 1. The van der Waals surface area contributed by atoms with Crippen molar-refractivity contribution in [1.82, 2.24) is 4.98 Å². The summed E-state index contributed by atoms with van der Waals surface area (Å²) in [6.45, 7) is 3.39. The molecule has 0 radical (unpaired) electrons. The van der Waals surface area contributed by atoms with E-state index in [0.717, 1.165) is 0 Å². The molecule has 0 aliphatic heterocycles. The molecule has 104 valence electrons. The van der Waals surface area contributed by atoms with Crippen LogP contribution in [0, 0.1) is 10.1 Å². The Kier molecular flexibility index (Phi) is 4.26. The summed E-state index contributed by atoms with van der Waals surface area (Å²) in [4.78, 5) is 25.0. The number of nitrogens with zero attached hydrogens (tertiary/aromatic N) is 2. The number of aromatic nitrogens is 1. The lowest BCUT2D eigenvalue weighted by Crippen LogP contribution is -2.43. The molecular weight excluding hydrogens is 252 g/mol. The van der Waals surface area contributed by atoms with Crippen molar-refractivity contribution in [2.45, 2.75) is 32.2 Å². The number of carboxylic acid groups (broad SMARTS) is 1. The lowest BCUT2D eigenvalue weighted by molar-refractivity contribution is -0.384. The van der Waals surface area contributed by atoms with E-state index in [9.17, 15) is 20.0 Å². The molecule has 0 saturated heterocycles. The van der Waals surface area contributed by atoms with Crippen LogP contribution in [-0.4, -0.2) is 26.5 Å². The normalized spacial score (nSPS) is 13.6. The standard InChI is InChI=1S/C11H16N4O4/c1-3-6-11(2,10(16)17)14-8-5-4-7(15(18)19)9(12)13-8/h4-5H,3,6H2,1-2H3,(H,16,17)(H3,12,13,14). The van der Waals surface area contributed by atoms with Gasteiger partial charge in [0.1, 0.15) is 11.4 Å². The minimum atomic E-state index is -1.19. The van der Waals surface area contributed by atoms with Crippen LogP contribution in [0.3, 0.4) is 0 Å². The zero-order valence-corrected chi connectivity index (χ0v) is 10.7. The van der Waals surface area contributed by atoms with Crippen LogP contribution in [0.4, 0.5) is 17.3 Å². The molecule has 1 heterocycles. The third-order valence-electron chi connectivity index (χ3n) is 2.73. The van der Waals surface area contributed by atoms with Gasteiger partial charge in [0.2, 0.25) is 5.82 Å². The highest BCUT2D eigenvalue weighted by Crippen LogP contribution is 2.24. The number of pyridine rings is 1. The molecule has 8 heteroatoms.